The molecule has 25 heavy (non-hydrogen) atoms. The predicted octanol–water partition coefficient (Wildman–Crippen LogP) is 1.72. The first-order chi connectivity index (χ1) is 12.1. The van der Waals surface area contributed by atoms with Gasteiger partial charge in [-0.3, -0.25) is 4.79 Å². The monoisotopic (exact) mass is 339 g/mol. The highest BCUT2D eigenvalue weighted by atomic mass is 16.1. The van der Waals surface area contributed by atoms with Crippen molar-refractivity contribution in [2.75, 3.05) is 38.6 Å². The Bertz CT molecular complexity index is 658. The number of hydrogen-bond acceptors (Lipinski definition) is 5. The Morgan fingerprint density at radius 3 is 2.52 bits per heavy atom. The molecule has 6 nitrogen and oxygen atoms in total. The van der Waals surface area contributed by atoms with Crippen LogP contribution in [-0.2, 0) is 11.3 Å². The molecular formula is C19H25N5O. The van der Waals surface area contributed by atoms with E-state index < -0.39 is 0 Å². The molecule has 1 heterocycles. The largest absolute Gasteiger partial charge is 0.351 e. The summed E-state index contributed by atoms with van der Waals surface area (Å²) in [4.78, 5) is 24.5. The average molecular weight is 339 g/mol. The zero-order chi connectivity index (χ0) is 17.9. The highest BCUT2D eigenvalue weighted by Crippen LogP contribution is 2.10. The van der Waals surface area contributed by atoms with Gasteiger partial charge in [-0.05, 0) is 25.7 Å². The van der Waals surface area contributed by atoms with E-state index in [2.05, 4.69) is 32.3 Å². The maximum atomic E-state index is 11.8. The average Bonchev–Trinajstić information content (AvgIpc) is 2.62. The Morgan fingerprint density at radius 2 is 1.84 bits per heavy atom. The Labute approximate surface area is 149 Å². The van der Waals surface area contributed by atoms with Crippen LogP contribution < -0.4 is 10.2 Å². The van der Waals surface area contributed by atoms with Crippen molar-refractivity contribution < 1.29 is 4.79 Å². The van der Waals surface area contributed by atoms with Crippen LogP contribution in [0.4, 0.5) is 5.95 Å². The highest BCUT2D eigenvalue weighted by molar-refractivity contribution is 5.87. The number of aromatic nitrogens is 2. The smallest absolute Gasteiger partial charge is 0.243 e. The summed E-state index contributed by atoms with van der Waals surface area (Å²) in [5.41, 5.74) is 1.17. The molecule has 0 radical (unpaired) electrons. The molecule has 0 saturated carbocycles. The fourth-order valence-corrected chi connectivity index (χ4v) is 2.25. The molecule has 0 aliphatic rings. The molecule has 0 spiro atoms. The number of nitrogens with one attached hydrogen (secondary N) is 1. The molecule has 6 heteroatoms. The summed E-state index contributed by atoms with van der Waals surface area (Å²) in [5.74, 6) is 0.569. The lowest BCUT2D eigenvalue weighted by atomic mass is 10.2. The van der Waals surface area contributed by atoms with Crippen LogP contribution in [0.3, 0.4) is 0 Å². The van der Waals surface area contributed by atoms with Crippen LogP contribution in [0, 0.1) is 0 Å². The van der Waals surface area contributed by atoms with Gasteiger partial charge in [-0.15, -0.1) is 0 Å². The molecule has 0 atom stereocenters. The number of carbonyl (C=O) groups is 1. The number of benzene rings is 1. The van der Waals surface area contributed by atoms with Crippen LogP contribution in [0.1, 0.15) is 5.56 Å². The van der Waals surface area contributed by atoms with Gasteiger partial charge in [0.05, 0.1) is 0 Å². The lowest BCUT2D eigenvalue weighted by Gasteiger charge is -2.22. The minimum atomic E-state index is -0.0875. The second-order valence-electron chi connectivity index (χ2n) is 5.91. The number of likely N-dealkylation sites (N-methyl/N-ethyl adjacent to an activating group) is 1. The predicted molar refractivity (Wildman–Crippen MR) is 100 cm³/mol. The van der Waals surface area contributed by atoms with Gasteiger partial charge in [-0.1, -0.05) is 36.4 Å². The van der Waals surface area contributed by atoms with Crippen molar-refractivity contribution in [3.05, 3.63) is 66.5 Å². The van der Waals surface area contributed by atoms with Crippen molar-refractivity contribution in [2.45, 2.75) is 6.54 Å². The molecule has 2 rings (SSSR count). The standard InChI is InChI=1S/C19H25N5O/c1-23(2)14-6-10-18(25)20-13-15-24(19-21-11-7-12-22-19)16-17-8-4-3-5-9-17/h3-12H,13-16H2,1-2H3,(H,20,25)/b10-6+. The van der Waals surface area contributed by atoms with Crippen molar-refractivity contribution in [3.8, 4) is 0 Å². The lowest BCUT2D eigenvalue weighted by Crippen LogP contribution is -2.35. The molecule has 0 fully saturated rings. The number of anilines is 1. The van der Waals surface area contributed by atoms with E-state index in [0.717, 1.165) is 6.54 Å². The summed E-state index contributed by atoms with van der Waals surface area (Å²) in [6.07, 6.45) is 6.86. The molecule has 1 aromatic heterocycles. The van der Waals surface area contributed by atoms with Crippen molar-refractivity contribution >= 4 is 11.9 Å². The van der Waals surface area contributed by atoms with Gasteiger partial charge in [-0.2, -0.15) is 0 Å². The summed E-state index contributed by atoms with van der Waals surface area (Å²) in [6, 6.07) is 11.9. The van der Waals surface area contributed by atoms with Crippen LogP contribution in [0.25, 0.3) is 0 Å². The first-order valence-corrected chi connectivity index (χ1v) is 8.30. The molecule has 0 saturated heterocycles. The number of carbonyl (C=O) groups excluding carboxylic acids is 1. The molecule has 2 aromatic rings. The van der Waals surface area contributed by atoms with Gasteiger partial charge < -0.3 is 15.1 Å². The van der Waals surface area contributed by atoms with Gasteiger partial charge in [0.25, 0.3) is 0 Å². The van der Waals surface area contributed by atoms with Crippen LogP contribution in [0.15, 0.2) is 60.9 Å². The Hall–Kier alpha value is -2.73. The van der Waals surface area contributed by atoms with Crippen LogP contribution >= 0.6 is 0 Å². The number of hydrogen-bond donors (Lipinski definition) is 1. The minimum Gasteiger partial charge on any atom is -0.351 e. The van der Waals surface area contributed by atoms with Crippen molar-refractivity contribution in [2.24, 2.45) is 0 Å². The van der Waals surface area contributed by atoms with Crippen molar-refractivity contribution in [3.63, 3.8) is 0 Å². The van der Waals surface area contributed by atoms with E-state index >= 15 is 0 Å². The normalized spacial score (nSPS) is 11.0. The Balaban J connectivity index is 1.91. The maximum absolute atomic E-state index is 11.8. The van der Waals surface area contributed by atoms with Crippen LogP contribution in [-0.4, -0.2) is 54.5 Å². The molecule has 0 unspecified atom stereocenters. The summed E-state index contributed by atoms with van der Waals surface area (Å²) in [5, 5.41) is 2.90. The number of nitrogens with zero attached hydrogens (tertiary/aromatic N) is 4. The fourth-order valence-electron chi connectivity index (χ4n) is 2.25. The maximum Gasteiger partial charge on any atom is 0.243 e. The topological polar surface area (TPSA) is 61.4 Å². The molecule has 132 valence electrons. The summed E-state index contributed by atoms with van der Waals surface area (Å²) < 4.78 is 0. The summed E-state index contributed by atoms with van der Waals surface area (Å²) in [7, 11) is 3.92. The SMILES string of the molecule is CN(C)C/C=C/C(=O)NCCN(Cc1ccccc1)c1ncccn1. The number of amides is 1. The van der Waals surface area contributed by atoms with E-state index in [1.54, 1.807) is 24.5 Å². The van der Waals surface area contributed by atoms with E-state index in [9.17, 15) is 4.79 Å². The first kappa shape index (κ1) is 18.6. The Morgan fingerprint density at radius 1 is 1.12 bits per heavy atom. The van der Waals surface area contributed by atoms with Gasteiger partial charge in [0, 0.05) is 44.6 Å². The van der Waals surface area contributed by atoms with E-state index in [4.69, 9.17) is 0 Å². The first-order valence-electron chi connectivity index (χ1n) is 8.30. The minimum absolute atomic E-state index is 0.0875. The zero-order valence-corrected chi connectivity index (χ0v) is 14.8. The summed E-state index contributed by atoms with van der Waals surface area (Å²) >= 11 is 0. The van der Waals surface area contributed by atoms with Gasteiger partial charge in [0.1, 0.15) is 0 Å². The van der Waals surface area contributed by atoms with E-state index in [1.165, 1.54) is 5.56 Å². The third kappa shape index (κ3) is 7.14. The molecule has 1 N–H and O–H groups in total. The van der Waals surface area contributed by atoms with E-state index in [0.29, 0.717) is 25.6 Å². The van der Waals surface area contributed by atoms with Crippen LogP contribution in [0.2, 0.25) is 0 Å². The van der Waals surface area contributed by atoms with Crippen molar-refractivity contribution in [1.29, 1.82) is 0 Å². The lowest BCUT2D eigenvalue weighted by molar-refractivity contribution is -0.116. The zero-order valence-electron chi connectivity index (χ0n) is 14.8. The molecule has 0 aliphatic carbocycles. The fraction of sp³-hybridized carbons (Fsp3) is 0.316. The highest BCUT2D eigenvalue weighted by Gasteiger charge is 2.10. The van der Waals surface area contributed by atoms with Gasteiger partial charge in [0.15, 0.2) is 0 Å². The molecule has 0 aliphatic heterocycles. The molecular weight excluding hydrogens is 314 g/mol. The van der Waals surface area contributed by atoms with Gasteiger partial charge >= 0.3 is 0 Å². The molecule has 1 amide bonds. The summed E-state index contributed by atoms with van der Waals surface area (Å²) in [6.45, 7) is 2.59. The van der Waals surface area contributed by atoms with Crippen molar-refractivity contribution in [1.82, 2.24) is 20.2 Å². The number of rotatable bonds is 9. The Kier molecular flexibility index (Phi) is 7.59. The third-order valence-corrected chi connectivity index (χ3v) is 3.47. The van der Waals surface area contributed by atoms with Gasteiger partial charge in [0.2, 0.25) is 11.9 Å². The third-order valence-electron chi connectivity index (χ3n) is 3.47. The van der Waals surface area contributed by atoms with E-state index in [1.807, 2.05) is 43.3 Å². The molecule has 1 aromatic carbocycles. The second kappa shape index (κ2) is 10.2. The molecule has 0 bridgehead atoms. The van der Waals surface area contributed by atoms with Crippen LogP contribution in [0.5, 0.6) is 0 Å². The van der Waals surface area contributed by atoms with E-state index in [-0.39, 0.29) is 5.91 Å². The quantitative estimate of drug-likeness (QED) is 0.705. The second-order valence-corrected chi connectivity index (χ2v) is 5.91. The van der Waals surface area contributed by atoms with Gasteiger partial charge in [-0.25, -0.2) is 9.97 Å².